The third-order valence-electron chi connectivity index (χ3n) is 3.49. The van der Waals surface area contributed by atoms with Gasteiger partial charge in [0.1, 0.15) is 0 Å². The largest absolute Gasteiger partial charge is 0.347 e. The van der Waals surface area contributed by atoms with Crippen LogP contribution in [0.15, 0.2) is 73.1 Å². The number of nitrogens with zero attached hydrogens (tertiary/aromatic N) is 2. The molecule has 0 saturated carbocycles. The number of hydrogen-bond acceptors (Lipinski definition) is 1. The van der Waals surface area contributed by atoms with Crippen molar-refractivity contribution in [3.63, 3.8) is 0 Å². The molecule has 97 valence electrons. The van der Waals surface area contributed by atoms with Crippen LogP contribution in [0.5, 0.6) is 0 Å². The molecule has 3 rings (SSSR count). The van der Waals surface area contributed by atoms with Crippen LogP contribution in [0.4, 0.5) is 0 Å². The van der Waals surface area contributed by atoms with Gasteiger partial charge in [0.05, 0.1) is 5.72 Å². The molecule has 0 aliphatic carbocycles. The molecule has 0 aliphatic rings. The predicted molar refractivity (Wildman–Crippen MR) is 83.3 cm³/mol. The lowest BCUT2D eigenvalue weighted by molar-refractivity contribution is 0.944. The Morgan fingerprint density at radius 3 is 1.90 bits per heavy atom. The fourth-order valence-electron chi connectivity index (χ4n) is 2.39. The van der Waals surface area contributed by atoms with E-state index in [0.717, 1.165) is 5.72 Å². The fourth-order valence-corrected chi connectivity index (χ4v) is 2.39. The number of aryl methyl sites for hydroxylation is 1. The summed E-state index contributed by atoms with van der Waals surface area (Å²) in [7, 11) is 4.23. The van der Waals surface area contributed by atoms with Crippen molar-refractivity contribution in [2.75, 3.05) is 0 Å². The average Bonchev–Trinajstić information content (AvgIpc) is 2.92. The van der Waals surface area contributed by atoms with Crippen LogP contribution in [0.2, 0.25) is 0 Å². The second-order valence-corrected chi connectivity index (χ2v) is 4.86. The molecule has 0 unspecified atom stereocenters. The molecule has 2 aromatic carbocycles. The molecule has 0 saturated heterocycles. The highest BCUT2D eigenvalue weighted by Crippen LogP contribution is 2.22. The standard InChI is InChI=1S/C17H16BN2/c1-20-13-12-19-17(20)18-16(14-8-4-2-5-9-14)15-10-6-3-7-11-15/h2-13,16H,1H3. The first-order valence-corrected chi connectivity index (χ1v) is 6.76. The summed E-state index contributed by atoms with van der Waals surface area (Å²) in [6, 6.07) is 21.1. The van der Waals surface area contributed by atoms with E-state index in [-0.39, 0.29) is 5.82 Å². The van der Waals surface area contributed by atoms with Gasteiger partial charge < -0.3 is 4.57 Å². The highest BCUT2D eigenvalue weighted by atomic mass is 15.0. The van der Waals surface area contributed by atoms with Crippen molar-refractivity contribution in [3.8, 4) is 0 Å². The minimum atomic E-state index is 0.221. The summed E-state index contributed by atoms with van der Waals surface area (Å²) >= 11 is 0. The predicted octanol–water partition coefficient (Wildman–Crippen LogP) is 2.54. The molecule has 3 aromatic rings. The minimum absolute atomic E-state index is 0.221. The van der Waals surface area contributed by atoms with Crippen LogP contribution < -0.4 is 5.72 Å². The highest BCUT2D eigenvalue weighted by molar-refractivity contribution is 6.54. The monoisotopic (exact) mass is 259 g/mol. The van der Waals surface area contributed by atoms with Gasteiger partial charge in [0, 0.05) is 19.4 Å². The number of imidazole rings is 1. The summed E-state index contributed by atoms with van der Waals surface area (Å²) in [4.78, 5) is 4.41. The number of aromatic nitrogens is 2. The SMILES string of the molecule is Cn1ccnc1[B]C(c1ccccc1)c1ccccc1. The van der Waals surface area contributed by atoms with E-state index in [1.807, 2.05) is 36.1 Å². The van der Waals surface area contributed by atoms with Crippen molar-refractivity contribution in [1.29, 1.82) is 0 Å². The molecule has 1 radical (unpaired) electrons. The summed E-state index contributed by atoms with van der Waals surface area (Å²) < 4.78 is 2.04. The van der Waals surface area contributed by atoms with Gasteiger partial charge in [-0.3, -0.25) is 4.98 Å². The zero-order valence-electron chi connectivity index (χ0n) is 11.5. The van der Waals surface area contributed by atoms with E-state index in [2.05, 4.69) is 60.8 Å². The Balaban J connectivity index is 1.98. The van der Waals surface area contributed by atoms with Crippen molar-refractivity contribution in [2.24, 2.45) is 7.05 Å². The normalized spacial score (nSPS) is 10.7. The minimum Gasteiger partial charge on any atom is -0.347 e. The van der Waals surface area contributed by atoms with Gasteiger partial charge in [0.25, 0.3) is 0 Å². The van der Waals surface area contributed by atoms with E-state index in [0.29, 0.717) is 0 Å². The average molecular weight is 259 g/mol. The lowest BCUT2D eigenvalue weighted by atomic mass is 9.58. The van der Waals surface area contributed by atoms with Gasteiger partial charge in [-0.05, 0) is 16.9 Å². The van der Waals surface area contributed by atoms with Crippen LogP contribution >= 0.6 is 0 Å². The first kappa shape index (κ1) is 12.7. The van der Waals surface area contributed by atoms with Crippen LogP contribution in [-0.2, 0) is 7.05 Å². The van der Waals surface area contributed by atoms with E-state index in [4.69, 9.17) is 0 Å². The van der Waals surface area contributed by atoms with Crippen LogP contribution in [0, 0.1) is 0 Å². The summed E-state index contributed by atoms with van der Waals surface area (Å²) in [5.41, 5.74) is 3.55. The number of hydrogen-bond donors (Lipinski definition) is 0. The van der Waals surface area contributed by atoms with Gasteiger partial charge in [0.15, 0.2) is 0 Å². The van der Waals surface area contributed by atoms with Crippen molar-refractivity contribution in [3.05, 3.63) is 84.2 Å². The second-order valence-electron chi connectivity index (χ2n) is 4.86. The van der Waals surface area contributed by atoms with Gasteiger partial charge in [-0.15, -0.1) is 0 Å². The Hall–Kier alpha value is -2.29. The molecule has 2 nitrogen and oxygen atoms in total. The van der Waals surface area contributed by atoms with Crippen molar-refractivity contribution in [2.45, 2.75) is 5.82 Å². The van der Waals surface area contributed by atoms with Crippen LogP contribution in [-0.4, -0.2) is 16.8 Å². The van der Waals surface area contributed by atoms with Gasteiger partial charge >= 0.3 is 0 Å². The van der Waals surface area contributed by atoms with E-state index < -0.39 is 0 Å². The van der Waals surface area contributed by atoms with Crippen molar-refractivity contribution < 1.29 is 0 Å². The molecule has 0 atom stereocenters. The summed E-state index contributed by atoms with van der Waals surface area (Å²) in [5, 5.41) is 0. The van der Waals surface area contributed by atoms with Crippen LogP contribution in [0.25, 0.3) is 0 Å². The molecule has 0 amide bonds. The molecule has 3 heteroatoms. The summed E-state index contributed by atoms with van der Waals surface area (Å²) in [6.07, 6.45) is 3.80. The molecule has 20 heavy (non-hydrogen) atoms. The molecular weight excluding hydrogens is 243 g/mol. The molecule has 0 spiro atoms. The van der Waals surface area contributed by atoms with E-state index in [1.54, 1.807) is 0 Å². The van der Waals surface area contributed by atoms with E-state index in [1.165, 1.54) is 11.1 Å². The van der Waals surface area contributed by atoms with E-state index in [9.17, 15) is 0 Å². The van der Waals surface area contributed by atoms with Gasteiger partial charge in [-0.25, -0.2) is 0 Å². The highest BCUT2D eigenvalue weighted by Gasteiger charge is 2.18. The van der Waals surface area contributed by atoms with Crippen molar-refractivity contribution in [1.82, 2.24) is 9.55 Å². The first-order valence-electron chi connectivity index (χ1n) is 6.76. The molecule has 1 aromatic heterocycles. The maximum atomic E-state index is 4.41. The third-order valence-corrected chi connectivity index (χ3v) is 3.49. The molecule has 0 fully saturated rings. The fraction of sp³-hybridized carbons (Fsp3) is 0.118. The maximum absolute atomic E-state index is 4.41. The molecular formula is C17H16BN2. The lowest BCUT2D eigenvalue weighted by Gasteiger charge is -2.17. The second kappa shape index (κ2) is 5.78. The van der Waals surface area contributed by atoms with Crippen molar-refractivity contribution >= 4 is 13.0 Å². The number of benzene rings is 2. The Bertz CT molecular complexity index is 622. The molecule has 0 bridgehead atoms. The summed E-state index contributed by atoms with van der Waals surface area (Å²) in [6.45, 7) is 0. The topological polar surface area (TPSA) is 17.8 Å². The van der Waals surface area contributed by atoms with Gasteiger partial charge in [-0.1, -0.05) is 60.7 Å². The Kier molecular flexibility index (Phi) is 3.68. The Morgan fingerprint density at radius 1 is 0.900 bits per heavy atom. The van der Waals surface area contributed by atoms with Crippen LogP contribution in [0.1, 0.15) is 16.9 Å². The third kappa shape index (κ3) is 2.67. The van der Waals surface area contributed by atoms with Gasteiger partial charge in [-0.2, -0.15) is 0 Å². The molecule has 0 N–H and O–H groups in total. The Labute approximate surface area is 120 Å². The lowest BCUT2D eigenvalue weighted by Crippen LogP contribution is -2.30. The maximum Gasteiger partial charge on any atom is 0.215 e. The van der Waals surface area contributed by atoms with Gasteiger partial charge in [0.2, 0.25) is 7.28 Å². The van der Waals surface area contributed by atoms with Crippen LogP contribution in [0.3, 0.4) is 0 Å². The smallest absolute Gasteiger partial charge is 0.215 e. The zero-order valence-corrected chi connectivity index (χ0v) is 11.5. The molecule has 1 heterocycles. The Morgan fingerprint density at radius 2 is 1.45 bits per heavy atom. The van der Waals surface area contributed by atoms with E-state index >= 15 is 0 Å². The summed E-state index contributed by atoms with van der Waals surface area (Å²) in [5.74, 6) is 0.221. The first-order chi connectivity index (χ1) is 9.84. The molecule has 0 aliphatic heterocycles. The zero-order chi connectivity index (χ0) is 13.8. The quantitative estimate of drug-likeness (QED) is 0.658. The number of rotatable bonds is 4.